The van der Waals surface area contributed by atoms with Crippen molar-refractivity contribution in [3.05, 3.63) is 93.5 Å². The lowest BCUT2D eigenvalue weighted by Crippen LogP contribution is -2.36. The Bertz CT molecular complexity index is 1440. The lowest BCUT2D eigenvalue weighted by Gasteiger charge is -2.30. The Morgan fingerprint density at radius 1 is 1.06 bits per heavy atom. The lowest BCUT2D eigenvalue weighted by atomic mass is 9.98. The van der Waals surface area contributed by atoms with E-state index in [2.05, 4.69) is 5.32 Å². The molecule has 0 atom stereocenters. The van der Waals surface area contributed by atoms with Crippen molar-refractivity contribution in [1.29, 1.82) is 0 Å². The van der Waals surface area contributed by atoms with Gasteiger partial charge in [-0.25, -0.2) is 17.2 Å². The second-order valence-electron chi connectivity index (χ2n) is 8.11. The van der Waals surface area contributed by atoms with Gasteiger partial charge in [0.15, 0.2) is 0 Å². The van der Waals surface area contributed by atoms with Crippen LogP contribution in [0, 0.1) is 11.6 Å². The number of anilines is 1. The van der Waals surface area contributed by atoms with Crippen LogP contribution in [0.2, 0.25) is 5.02 Å². The molecule has 0 aliphatic carbocycles. The van der Waals surface area contributed by atoms with E-state index in [0.717, 1.165) is 24.3 Å². The van der Waals surface area contributed by atoms with Crippen LogP contribution in [-0.4, -0.2) is 25.2 Å². The molecule has 1 heterocycles. The van der Waals surface area contributed by atoms with Crippen molar-refractivity contribution in [2.24, 2.45) is 0 Å². The molecule has 1 aliphatic heterocycles. The average Bonchev–Trinajstić information content (AvgIpc) is 2.81. The summed E-state index contributed by atoms with van der Waals surface area (Å²) in [5.74, 6) is -3.01. The minimum atomic E-state index is -4.91. The third kappa shape index (κ3) is 5.23. The predicted molar refractivity (Wildman–Crippen MR) is 123 cm³/mol. The van der Waals surface area contributed by atoms with Crippen LogP contribution in [0.25, 0.3) is 0 Å². The molecular weight excluding hydrogens is 527 g/mol. The Hall–Kier alpha value is -3.02. The van der Waals surface area contributed by atoms with E-state index in [1.165, 1.54) is 22.5 Å². The number of hydrogen-bond donors (Lipinski definition) is 1. The number of benzene rings is 3. The molecule has 0 spiro atoms. The molecule has 0 radical (unpaired) electrons. The van der Waals surface area contributed by atoms with Gasteiger partial charge in [-0.1, -0.05) is 35.9 Å². The maximum atomic E-state index is 14.3. The maximum absolute atomic E-state index is 14.3. The van der Waals surface area contributed by atoms with Crippen molar-refractivity contribution in [2.45, 2.75) is 30.5 Å². The molecule has 1 amide bonds. The number of amides is 1. The number of hydrogen-bond acceptors (Lipinski definition) is 3. The summed E-state index contributed by atoms with van der Waals surface area (Å²) in [6.07, 6.45) is -5.43. The quantitative estimate of drug-likeness (QED) is 0.427. The van der Waals surface area contributed by atoms with Crippen molar-refractivity contribution in [2.75, 3.05) is 11.9 Å². The van der Waals surface area contributed by atoms with Gasteiger partial charge >= 0.3 is 6.18 Å². The summed E-state index contributed by atoms with van der Waals surface area (Å²) in [6, 6.07) is 10.4. The molecule has 0 aromatic heterocycles. The van der Waals surface area contributed by atoms with Crippen LogP contribution < -0.4 is 5.32 Å². The molecule has 3 aromatic carbocycles. The third-order valence-electron chi connectivity index (χ3n) is 5.75. The minimum absolute atomic E-state index is 0.0112. The van der Waals surface area contributed by atoms with E-state index in [-0.39, 0.29) is 35.1 Å². The molecule has 36 heavy (non-hydrogen) atoms. The van der Waals surface area contributed by atoms with E-state index in [1.807, 2.05) is 0 Å². The highest BCUT2D eigenvalue weighted by Gasteiger charge is 2.35. The Labute approximate surface area is 208 Å². The van der Waals surface area contributed by atoms with Crippen LogP contribution in [0.1, 0.15) is 22.3 Å². The van der Waals surface area contributed by atoms with Gasteiger partial charge in [0.2, 0.25) is 15.9 Å². The zero-order chi connectivity index (χ0) is 26.3. The summed E-state index contributed by atoms with van der Waals surface area (Å²) < 4.78 is 93.9. The van der Waals surface area contributed by atoms with Crippen LogP contribution in [-0.2, 0) is 40.4 Å². The third-order valence-corrected chi connectivity index (χ3v) is 7.91. The number of halogens is 6. The molecule has 3 aromatic rings. The van der Waals surface area contributed by atoms with Crippen LogP contribution in [0.3, 0.4) is 0 Å². The number of carbonyl (C=O) groups is 1. The van der Waals surface area contributed by atoms with Crippen LogP contribution in [0.15, 0.2) is 59.5 Å². The van der Waals surface area contributed by atoms with Gasteiger partial charge in [-0.3, -0.25) is 4.79 Å². The van der Waals surface area contributed by atoms with Crippen molar-refractivity contribution >= 4 is 33.2 Å². The first-order valence-electron chi connectivity index (χ1n) is 10.6. The Morgan fingerprint density at radius 3 is 2.47 bits per heavy atom. The van der Waals surface area contributed by atoms with Crippen molar-refractivity contribution in [3.8, 4) is 0 Å². The van der Waals surface area contributed by atoms with Gasteiger partial charge in [-0.2, -0.15) is 17.5 Å². The maximum Gasteiger partial charge on any atom is 0.419 e. The van der Waals surface area contributed by atoms with E-state index >= 15 is 0 Å². The minimum Gasteiger partial charge on any atom is -0.324 e. The van der Waals surface area contributed by atoms with Gasteiger partial charge in [-0.05, 0) is 53.4 Å². The molecule has 1 aliphatic rings. The Morgan fingerprint density at radius 2 is 1.78 bits per heavy atom. The molecule has 0 saturated carbocycles. The summed E-state index contributed by atoms with van der Waals surface area (Å²) in [5.41, 5.74) is -0.648. The number of carbonyl (C=O) groups excluding carboxylic acids is 1. The highest BCUT2D eigenvalue weighted by Crippen LogP contribution is 2.35. The fraction of sp³-hybridized carbons (Fsp3) is 0.208. The first-order valence-corrected chi connectivity index (χ1v) is 12.4. The van der Waals surface area contributed by atoms with Gasteiger partial charge in [-0.15, -0.1) is 0 Å². The number of nitrogens with zero attached hydrogens (tertiary/aromatic N) is 1. The highest BCUT2D eigenvalue weighted by molar-refractivity contribution is 7.89. The zero-order valence-electron chi connectivity index (χ0n) is 18.4. The van der Waals surface area contributed by atoms with Gasteiger partial charge in [0.05, 0.1) is 27.6 Å². The Balaban J connectivity index is 1.56. The molecule has 12 heteroatoms. The summed E-state index contributed by atoms with van der Waals surface area (Å²) >= 11 is 6.25. The van der Waals surface area contributed by atoms with Gasteiger partial charge in [0.25, 0.3) is 0 Å². The van der Waals surface area contributed by atoms with Crippen molar-refractivity contribution in [3.63, 3.8) is 0 Å². The molecule has 0 saturated heterocycles. The molecule has 0 bridgehead atoms. The largest absolute Gasteiger partial charge is 0.419 e. The lowest BCUT2D eigenvalue weighted by molar-refractivity contribution is -0.140. The first kappa shape index (κ1) is 26.1. The van der Waals surface area contributed by atoms with Crippen molar-refractivity contribution < 1.29 is 35.2 Å². The van der Waals surface area contributed by atoms with Crippen LogP contribution >= 0.6 is 11.6 Å². The van der Waals surface area contributed by atoms with Crippen LogP contribution in [0.5, 0.6) is 0 Å². The molecule has 190 valence electrons. The fourth-order valence-corrected chi connectivity index (χ4v) is 5.69. The van der Waals surface area contributed by atoms with Gasteiger partial charge in [0.1, 0.15) is 11.6 Å². The predicted octanol–water partition coefficient (Wildman–Crippen LogP) is 5.57. The van der Waals surface area contributed by atoms with Crippen LogP contribution in [0.4, 0.5) is 27.6 Å². The molecule has 0 fully saturated rings. The first-order chi connectivity index (χ1) is 16.9. The smallest absolute Gasteiger partial charge is 0.324 e. The number of sulfonamides is 1. The molecular formula is C24H18ClF5N2O3S. The number of fused-ring (bicyclic) bond motifs is 1. The number of rotatable bonds is 5. The zero-order valence-corrected chi connectivity index (χ0v) is 19.9. The van der Waals surface area contributed by atoms with Gasteiger partial charge in [0, 0.05) is 13.1 Å². The topological polar surface area (TPSA) is 66.5 Å². The standard InChI is InChI=1S/C24H18ClF5N2O3S/c25-20-8-7-15-13-32(36(34,35)17-5-2-4-16(26)12-17)10-9-18(15)23(20)31-21(33)11-14-3-1-6-19(22(14)27)24(28,29)30/h1-8,12H,9-11,13H2,(H,31,33). The van der Waals surface area contributed by atoms with E-state index in [1.54, 1.807) is 6.07 Å². The molecule has 1 N–H and O–H groups in total. The summed E-state index contributed by atoms with van der Waals surface area (Å²) in [5, 5.41) is 2.66. The normalized spacial score (nSPS) is 14.4. The molecule has 0 unspecified atom stereocenters. The van der Waals surface area contributed by atoms with Gasteiger partial charge < -0.3 is 5.32 Å². The summed E-state index contributed by atoms with van der Waals surface area (Å²) in [6.45, 7) is -0.0617. The summed E-state index contributed by atoms with van der Waals surface area (Å²) in [4.78, 5) is 12.4. The molecule has 4 rings (SSSR count). The number of alkyl halides is 3. The van der Waals surface area contributed by atoms with E-state index < -0.39 is 51.3 Å². The SMILES string of the molecule is O=C(Cc1cccc(C(F)(F)F)c1F)Nc1c(Cl)ccc2c1CCN(S(=O)(=O)c1cccc(F)c1)C2. The average molecular weight is 545 g/mol. The highest BCUT2D eigenvalue weighted by atomic mass is 35.5. The fourth-order valence-electron chi connectivity index (χ4n) is 4.01. The van der Waals surface area contributed by atoms with E-state index in [4.69, 9.17) is 11.6 Å². The van der Waals surface area contributed by atoms with E-state index in [0.29, 0.717) is 17.2 Å². The second-order valence-corrected chi connectivity index (χ2v) is 10.5. The Kier molecular flexibility index (Phi) is 7.09. The van der Waals surface area contributed by atoms with E-state index in [9.17, 15) is 35.2 Å². The monoisotopic (exact) mass is 544 g/mol. The number of nitrogens with one attached hydrogen (secondary N) is 1. The summed E-state index contributed by atoms with van der Waals surface area (Å²) in [7, 11) is -4.00. The second kappa shape index (κ2) is 9.79. The molecule has 5 nitrogen and oxygen atoms in total. The van der Waals surface area contributed by atoms with Crippen molar-refractivity contribution in [1.82, 2.24) is 4.31 Å².